The van der Waals surface area contributed by atoms with E-state index in [1.807, 2.05) is 6.07 Å². The van der Waals surface area contributed by atoms with Gasteiger partial charge >= 0.3 is 0 Å². The predicted octanol–water partition coefficient (Wildman–Crippen LogP) is 5.35. The van der Waals surface area contributed by atoms with Crippen LogP contribution in [-0.4, -0.2) is 58.9 Å². The van der Waals surface area contributed by atoms with E-state index in [9.17, 15) is 25.2 Å². The third-order valence-corrected chi connectivity index (χ3v) is 8.90. The molecule has 1 aliphatic rings. The van der Waals surface area contributed by atoms with Gasteiger partial charge in [-0.05, 0) is 76.9 Å². The molecule has 52 heavy (non-hydrogen) atoms. The van der Waals surface area contributed by atoms with Crippen molar-refractivity contribution in [3.05, 3.63) is 105 Å². The molecule has 272 valence electrons. The van der Waals surface area contributed by atoms with Crippen LogP contribution in [0.4, 0.5) is 5.69 Å². The Morgan fingerprint density at radius 2 is 1.44 bits per heavy atom. The van der Waals surface area contributed by atoms with Gasteiger partial charge < -0.3 is 54.5 Å². The van der Waals surface area contributed by atoms with Gasteiger partial charge in [-0.3, -0.25) is 4.79 Å². The van der Waals surface area contributed by atoms with Gasteiger partial charge in [-0.25, -0.2) is 0 Å². The summed E-state index contributed by atoms with van der Waals surface area (Å²) in [6.45, 7) is -0.656. The fourth-order valence-electron chi connectivity index (χ4n) is 6.00. The second kappa shape index (κ2) is 16.4. The molecule has 0 bridgehead atoms. The molecule has 1 unspecified atom stereocenters. The molecule has 5 aromatic rings. The van der Waals surface area contributed by atoms with E-state index < -0.39 is 6.17 Å². The molecular formula is C38H38ClN3O10. The molecule has 0 fully saturated rings. The summed E-state index contributed by atoms with van der Waals surface area (Å²) in [7, 11) is 3.03. The highest BCUT2D eigenvalue weighted by atomic mass is 35.5. The number of aromatic nitrogens is 1. The first kappa shape index (κ1) is 36.5. The first-order valence-electron chi connectivity index (χ1n) is 16.4. The van der Waals surface area contributed by atoms with Crippen molar-refractivity contribution in [3.63, 3.8) is 0 Å². The average molecular weight is 732 g/mol. The van der Waals surface area contributed by atoms with Crippen LogP contribution in [0.25, 0.3) is 22.6 Å². The number of carbonyl (C=O) groups excluding carboxylic acids is 1. The van der Waals surface area contributed by atoms with Crippen molar-refractivity contribution in [2.24, 2.45) is 0 Å². The number of aliphatic hydroxyl groups is 4. The Morgan fingerprint density at radius 3 is 2.10 bits per heavy atom. The second-order valence-electron chi connectivity index (χ2n) is 11.9. The van der Waals surface area contributed by atoms with E-state index in [0.29, 0.717) is 97.1 Å². The van der Waals surface area contributed by atoms with Gasteiger partial charge in [-0.1, -0.05) is 22.8 Å². The summed E-state index contributed by atoms with van der Waals surface area (Å²) < 4.78 is 29.0. The van der Waals surface area contributed by atoms with Gasteiger partial charge in [-0.2, -0.15) is 0 Å². The molecule has 1 amide bonds. The minimum Gasteiger partial charge on any atom is -0.493 e. The van der Waals surface area contributed by atoms with Crippen molar-refractivity contribution in [2.45, 2.75) is 39.0 Å². The number of nitrogens with one attached hydrogen (secondary N) is 2. The molecule has 0 saturated carbocycles. The first-order chi connectivity index (χ1) is 25.3. The van der Waals surface area contributed by atoms with Crippen LogP contribution in [0.3, 0.4) is 0 Å². The zero-order valence-corrected chi connectivity index (χ0v) is 29.2. The Kier molecular flexibility index (Phi) is 11.5. The topological polar surface area (TPSA) is 185 Å². The van der Waals surface area contributed by atoms with E-state index in [2.05, 4.69) is 15.8 Å². The van der Waals surface area contributed by atoms with E-state index in [-0.39, 0.29) is 38.9 Å². The van der Waals surface area contributed by atoms with Crippen molar-refractivity contribution in [3.8, 4) is 45.6 Å². The fourth-order valence-corrected chi connectivity index (χ4v) is 6.17. The van der Waals surface area contributed by atoms with Gasteiger partial charge in [-0.15, -0.1) is 0 Å². The summed E-state index contributed by atoms with van der Waals surface area (Å²) in [4.78, 5) is 12.7. The largest absolute Gasteiger partial charge is 0.493 e. The van der Waals surface area contributed by atoms with E-state index in [1.165, 1.54) is 14.2 Å². The molecule has 0 spiro atoms. The van der Waals surface area contributed by atoms with Crippen LogP contribution in [0, 0.1) is 0 Å². The van der Waals surface area contributed by atoms with Crippen LogP contribution < -0.4 is 29.6 Å². The standard InChI is InChI=1S/C38H38ClN3O10/c1-48-34-13-22(31-16-33(52-42-31)23-11-24(17-43)29(20-46)25(12-23)18-44)14-35(49-2)36(34)51-9-3-8-50-32-7-4-21(10-26(32)19-45)37-40-30-6-5-27(39)15-28(30)38(47)41-37/h4-7,10-16,37,40,43-46H,3,8-9,17-20H2,1-2H3,(H,41,47). The molecular weight excluding hydrogens is 694 g/mol. The number of benzene rings is 4. The quantitative estimate of drug-likeness (QED) is 0.0760. The van der Waals surface area contributed by atoms with Gasteiger partial charge in [0.25, 0.3) is 5.91 Å². The number of carbonyl (C=O) groups is 1. The molecule has 2 heterocycles. The molecule has 1 aliphatic heterocycles. The van der Waals surface area contributed by atoms with E-state index >= 15 is 0 Å². The lowest BCUT2D eigenvalue weighted by Crippen LogP contribution is -2.38. The van der Waals surface area contributed by atoms with Crippen molar-refractivity contribution in [1.29, 1.82) is 0 Å². The number of nitrogens with zero attached hydrogens (tertiary/aromatic N) is 1. The summed E-state index contributed by atoms with van der Waals surface area (Å²) in [5.41, 5.74) is 5.56. The minimum atomic E-state index is -0.499. The number of halogens is 1. The molecule has 6 rings (SSSR count). The van der Waals surface area contributed by atoms with Crippen molar-refractivity contribution < 1.29 is 48.7 Å². The van der Waals surface area contributed by atoms with Crippen molar-refractivity contribution in [2.75, 3.05) is 32.8 Å². The number of anilines is 1. The molecule has 13 nitrogen and oxygen atoms in total. The monoisotopic (exact) mass is 731 g/mol. The Balaban J connectivity index is 1.09. The maximum Gasteiger partial charge on any atom is 0.255 e. The summed E-state index contributed by atoms with van der Waals surface area (Å²) in [5.74, 6) is 1.86. The SMILES string of the molecule is COc1cc(-c2cc(-c3cc(CO)c(CO)c(CO)c3)on2)cc(OC)c1OCCCOc1ccc(C2NC(=O)c3cc(Cl)ccc3N2)cc1CO. The Labute approximate surface area is 304 Å². The number of methoxy groups -OCH3 is 2. The van der Waals surface area contributed by atoms with E-state index in [1.54, 1.807) is 60.7 Å². The second-order valence-corrected chi connectivity index (χ2v) is 12.3. The van der Waals surface area contributed by atoms with Gasteiger partial charge in [0, 0.05) is 39.9 Å². The summed E-state index contributed by atoms with van der Waals surface area (Å²) >= 11 is 6.05. The van der Waals surface area contributed by atoms with Crippen LogP contribution in [0.1, 0.15) is 50.8 Å². The smallest absolute Gasteiger partial charge is 0.255 e. The fraction of sp³-hybridized carbons (Fsp3) is 0.263. The van der Waals surface area contributed by atoms with E-state index in [0.717, 1.165) is 5.56 Å². The van der Waals surface area contributed by atoms with Crippen LogP contribution in [0.5, 0.6) is 23.0 Å². The van der Waals surface area contributed by atoms with Gasteiger partial charge in [0.05, 0.1) is 59.4 Å². The Morgan fingerprint density at radius 1 is 0.750 bits per heavy atom. The number of hydrogen-bond acceptors (Lipinski definition) is 12. The average Bonchev–Trinajstić information content (AvgIpc) is 3.67. The molecule has 4 aromatic carbocycles. The normalized spacial score (nSPS) is 13.6. The lowest BCUT2D eigenvalue weighted by atomic mass is 9.97. The Hall–Kier alpha value is -5.31. The van der Waals surface area contributed by atoms with Crippen LogP contribution >= 0.6 is 11.6 Å². The summed E-state index contributed by atoms with van der Waals surface area (Å²) in [6, 6.07) is 19.0. The molecule has 1 aromatic heterocycles. The van der Waals surface area contributed by atoms with Crippen molar-refractivity contribution >= 4 is 23.2 Å². The molecule has 0 aliphatic carbocycles. The number of fused-ring (bicyclic) bond motifs is 1. The maximum absolute atomic E-state index is 12.7. The number of ether oxygens (including phenoxy) is 4. The highest BCUT2D eigenvalue weighted by molar-refractivity contribution is 6.31. The highest BCUT2D eigenvalue weighted by Crippen LogP contribution is 2.42. The molecule has 0 saturated heterocycles. The zero-order chi connectivity index (χ0) is 36.8. The van der Waals surface area contributed by atoms with Gasteiger partial charge in [0.15, 0.2) is 17.3 Å². The lowest BCUT2D eigenvalue weighted by Gasteiger charge is -2.28. The van der Waals surface area contributed by atoms with Crippen molar-refractivity contribution in [1.82, 2.24) is 10.5 Å². The number of rotatable bonds is 15. The highest BCUT2D eigenvalue weighted by Gasteiger charge is 2.26. The molecule has 14 heteroatoms. The summed E-state index contributed by atoms with van der Waals surface area (Å²) in [6.07, 6.45) is -0.00488. The maximum atomic E-state index is 12.7. The molecule has 1 atom stereocenters. The van der Waals surface area contributed by atoms with Gasteiger partial charge in [0.2, 0.25) is 5.75 Å². The molecule has 6 N–H and O–H groups in total. The number of amides is 1. The minimum absolute atomic E-state index is 0.250. The zero-order valence-electron chi connectivity index (χ0n) is 28.4. The summed E-state index contributed by atoms with van der Waals surface area (Å²) in [5, 5.41) is 50.3. The predicted molar refractivity (Wildman–Crippen MR) is 192 cm³/mol. The first-order valence-corrected chi connectivity index (χ1v) is 16.7. The van der Waals surface area contributed by atoms with Crippen LogP contribution in [0.15, 0.2) is 71.3 Å². The van der Waals surface area contributed by atoms with Crippen LogP contribution in [0.2, 0.25) is 5.02 Å². The number of aliphatic hydroxyl groups excluding tert-OH is 4. The number of hydrogen-bond donors (Lipinski definition) is 6. The third-order valence-electron chi connectivity index (χ3n) is 8.67. The van der Waals surface area contributed by atoms with E-state index in [4.69, 9.17) is 35.1 Å². The lowest BCUT2D eigenvalue weighted by molar-refractivity contribution is 0.0935. The van der Waals surface area contributed by atoms with Crippen LogP contribution in [-0.2, 0) is 26.4 Å². The third kappa shape index (κ3) is 7.64. The van der Waals surface area contributed by atoms with Gasteiger partial charge in [0.1, 0.15) is 17.6 Å². The Bertz CT molecular complexity index is 2020. The molecule has 0 radical (unpaired) electrons.